The van der Waals surface area contributed by atoms with Gasteiger partial charge in [0.1, 0.15) is 11.3 Å². The Morgan fingerprint density at radius 2 is 1.90 bits per heavy atom. The van der Waals surface area contributed by atoms with Gasteiger partial charge in [-0.25, -0.2) is 4.79 Å². The van der Waals surface area contributed by atoms with Crippen LogP contribution in [-0.2, 0) is 11.8 Å². The number of aryl methyl sites for hydroxylation is 1. The average molecular weight is 446 g/mol. The molecule has 3 atom stereocenters. The average Bonchev–Trinajstić information content (AvgIpc) is 3.02. The molecular weight excluding hydrogens is 414 g/mol. The van der Waals surface area contributed by atoms with Crippen molar-refractivity contribution in [1.29, 1.82) is 0 Å². The Bertz CT molecular complexity index is 994. The molecule has 4 rings (SSSR count). The van der Waals surface area contributed by atoms with Crippen molar-refractivity contribution >= 4 is 34.5 Å². The van der Waals surface area contributed by atoms with Gasteiger partial charge in [-0.2, -0.15) is 0 Å². The summed E-state index contributed by atoms with van der Waals surface area (Å²) in [6.45, 7) is 7.17. The Morgan fingerprint density at radius 3 is 2.65 bits per heavy atom. The monoisotopic (exact) mass is 445 g/mol. The molecule has 1 saturated carbocycles. The van der Waals surface area contributed by atoms with E-state index in [0.29, 0.717) is 22.6 Å². The van der Waals surface area contributed by atoms with Crippen molar-refractivity contribution in [2.45, 2.75) is 58.1 Å². The topological polar surface area (TPSA) is 63.6 Å². The van der Waals surface area contributed by atoms with E-state index in [1.165, 1.54) is 0 Å². The predicted octanol–water partition coefficient (Wildman–Crippen LogP) is 4.99. The lowest BCUT2D eigenvalue weighted by Gasteiger charge is -2.43. The number of nitrogens with zero attached hydrogens (tertiary/aromatic N) is 2. The van der Waals surface area contributed by atoms with Crippen molar-refractivity contribution in [3.8, 4) is 0 Å². The van der Waals surface area contributed by atoms with Gasteiger partial charge in [0, 0.05) is 42.1 Å². The van der Waals surface area contributed by atoms with Gasteiger partial charge in [-0.1, -0.05) is 11.6 Å². The van der Waals surface area contributed by atoms with Gasteiger partial charge in [0.15, 0.2) is 0 Å². The number of piperidine rings is 1. The highest BCUT2D eigenvalue weighted by Gasteiger charge is 2.38. The zero-order chi connectivity index (χ0) is 22.3. The standard InChI is InChI=1S/C24H32ClN3O3/c1-24(2,3)31-23(30)28-10-9-15-12-19(7-5-16(15)14-28)26-22(29)21-13-17-11-18(25)6-8-20(17)27(21)4/h6,8,11,13,15-16,19H,5,7,9-10,12,14H2,1-4H3,(H,26,29)/t15-,16+,19+/m0/s1. The van der Waals surface area contributed by atoms with Crippen molar-refractivity contribution in [2.24, 2.45) is 18.9 Å². The summed E-state index contributed by atoms with van der Waals surface area (Å²) in [6.07, 6.45) is 3.67. The van der Waals surface area contributed by atoms with Crippen LogP contribution < -0.4 is 5.32 Å². The van der Waals surface area contributed by atoms with Crippen molar-refractivity contribution in [1.82, 2.24) is 14.8 Å². The van der Waals surface area contributed by atoms with Crippen molar-refractivity contribution in [3.63, 3.8) is 0 Å². The van der Waals surface area contributed by atoms with Gasteiger partial charge in [-0.3, -0.25) is 4.79 Å². The second-order valence-corrected chi connectivity index (χ2v) is 10.4. The second-order valence-electron chi connectivity index (χ2n) is 10.0. The molecule has 1 aromatic heterocycles. The fourth-order valence-electron chi connectivity index (χ4n) is 5.04. The van der Waals surface area contributed by atoms with Gasteiger partial charge in [-0.05, 0) is 82.6 Å². The Hall–Kier alpha value is -2.21. The molecule has 1 aromatic carbocycles. The first-order valence-electron chi connectivity index (χ1n) is 11.1. The molecule has 0 spiro atoms. The highest BCUT2D eigenvalue weighted by molar-refractivity contribution is 6.31. The molecule has 1 N–H and O–H groups in total. The van der Waals surface area contributed by atoms with Crippen LogP contribution in [0.25, 0.3) is 10.9 Å². The van der Waals surface area contributed by atoms with Crippen LogP contribution in [0.4, 0.5) is 4.79 Å². The minimum Gasteiger partial charge on any atom is -0.444 e. The van der Waals surface area contributed by atoms with Crippen LogP contribution in [0, 0.1) is 11.8 Å². The minimum atomic E-state index is -0.469. The number of carbonyl (C=O) groups excluding carboxylic acids is 2. The summed E-state index contributed by atoms with van der Waals surface area (Å²) in [6, 6.07) is 7.75. The van der Waals surface area contributed by atoms with E-state index < -0.39 is 5.60 Å². The number of nitrogens with one attached hydrogen (secondary N) is 1. The van der Waals surface area contributed by atoms with Gasteiger partial charge in [-0.15, -0.1) is 0 Å². The van der Waals surface area contributed by atoms with Crippen LogP contribution in [0.5, 0.6) is 0 Å². The van der Waals surface area contributed by atoms with Crippen LogP contribution in [0.2, 0.25) is 5.02 Å². The van der Waals surface area contributed by atoms with Gasteiger partial charge in [0.2, 0.25) is 0 Å². The smallest absolute Gasteiger partial charge is 0.410 e. The molecule has 31 heavy (non-hydrogen) atoms. The Balaban J connectivity index is 1.36. The summed E-state index contributed by atoms with van der Waals surface area (Å²) < 4.78 is 7.47. The van der Waals surface area contributed by atoms with E-state index in [9.17, 15) is 9.59 Å². The highest BCUT2D eigenvalue weighted by atomic mass is 35.5. The number of hydrogen-bond acceptors (Lipinski definition) is 3. The molecule has 168 valence electrons. The molecule has 0 radical (unpaired) electrons. The van der Waals surface area contributed by atoms with E-state index in [-0.39, 0.29) is 18.0 Å². The van der Waals surface area contributed by atoms with E-state index in [1.807, 2.05) is 61.6 Å². The highest BCUT2D eigenvalue weighted by Crippen LogP contribution is 2.37. The van der Waals surface area contributed by atoms with Crippen LogP contribution >= 0.6 is 11.6 Å². The van der Waals surface area contributed by atoms with Crippen molar-refractivity contribution in [3.05, 3.63) is 35.0 Å². The molecule has 2 heterocycles. The molecule has 0 unspecified atom stereocenters. The number of ether oxygens (including phenoxy) is 1. The normalized spacial score (nSPS) is 24.0. The van der Waals surface area contributed by atoms with E-state index in [1.54, 1.807) is 0 Å². The number of amides is 2. The number of halogens is 1. The quantitative estimate of drug-likeness (QED) is 0.708. The molecule has 6 nitrogen and oxygen atoms in total. The molecule has 2 amide bonds. The van der Waals surface area contributed by atoms with Gasteiger partial charge < -0.3 is 19.5 Å². The Labute approximate surface area is 188 Å². The number of fused-ring (bicyclic) bond motifs is 2. The Morgan fingerprint density at radius 1 is 1.13 bits per heavy atom. The molecule has 2 aromatic rings. The van der Waals surface area contributed by atoms with Gasteiger partial charge in [0.05, 0.1) is 0 Å². The summed E-state index contributed by atoms with van der Waals surface area (Å²) in [5.41, 5.74) is 1.18. The lowest BCUT2D eigenvalue weighted by atomic mass is 9.73. The number of benzene rings is 1. The molecule has 1 saturated heterocycles. The van der Waals surface area contributed by atoms with Gasteiger partial charge >= 0.3 is 6.09 Å². The number of likely N-dealkylation sites (tertiary alicyclic amines) is 1. The summed E-state index contributed by atoms with van der Waals surface area (Å²) in [5, 5.41) is 4.89. The number of carbonyl (C=O) groups is 2. The molecule has 1 aliphatic heterocycles. The van der Waals surface area contributed by atoms with Crippen molar-refractivity contribution in [2.75, 3.05) is 13.1 Å². The zero-order valence-electron chi connectivity index (χ0n) is 18.8. The van der Waals surface area contributed by atoms with E-state index in [4.69, 9.17) is 16.3 Å². The third kappa shape index (κ3) is 4.84. The first-order chi connectivity index (χ1) is 14.6. The third-order valence-electron chi connectivity index (χ3n) is 6.59. The summed E-state index contributed by atoms with van der Waals surface area (Å²) in [4.78, 5) is 27.3. The number of hydrogen-bond donors (Lipinski definition) is 1. The van der Waals surface area contributed by atoms with Crippen molar-refractivity contribution < 1.29 is 14.3 Å². The largest absolute Gasteiger partial charge is 0.444 e. The van der Waals surface area contributed by atoms with E-state index >= 15 is 0 Å². The van der Waals surface area contributed by atoms with Gasteiger partial charge in [0.25, 0.3) is 5.91 Å². The lowest BCUT2D eigenvalue weighted by Crippen LogP contribution is -2.50. The molecule has 1 aliphatic carbocycles. The zero-order valence-corrected chi connectivity index (χ0v) is 19.5. The fraction of sp³-hybridized carbons (Fsp3) is 0.583. The van der Waals surface area contributed by atoms with Crippen LogP contribution in [0.3, 0.4) is 0 Å². The molecule has 0 bridgehead atoms. The maximum absolute atomic E-state index is 13.0. The molecule has 2 fully saturated rings. The van der Waals surface area contributed by atoms with Crippen LogP contribution in [0.1, 0.15) is 56.9 Å². The maximum atomic E-state index is 13.0. The second kappa shape index (κ2) is 8.38. The summed E-state index contributed by atoms with van der Waals surface area (Å²) >= 11 is 6.10. The molecule has 7 heteroatoms. The third-order valence-corrected chi connectivity index (χ3v) is 6.82. The summed E-state index contributed by atoms with van der Waals surface area (Å²) in [5.74, 6) is 0.975. The number of rotatable bonds is 2. The minimum absolute atomic E-state index is 0.0375. The predicted molar refractivity (Wildman–Crippen MR) is 122 cm³/mol. The molecular formula is C24H32ClN3O3. The molecule has 2 aliphatic rings. The fourth-order valence-corrected chi connectivity index (χ4v) is 5.22. The van der Waals surface area contributed by atoms with Crippen LogP contribution in [-0.4, -0.2) is 46.2 Å². The van der Waals surface area contributed by atoms with E-state index in [0.717, 1.165) is 49.7 Å². The van der Waals surface area contributed by atoms with Crippen LogP contribution in [0.15, 0.2) is 24.3 Å². The maximum Gasteiger partial charge on any atom is 0.410 e. The first kappa shape index (κ1) is 22.0. The lowest BCUT2D eigenvalue weighted by molar-refractivity contribution is 0.00388. The Kier molecular flexibility index (Phi) is 5.95. The SMILES string of the molecule is Cn1c(C(=O)N[C@@H]2CC[C@@H]3CN(C(=O)OC(C)(C)C)CC[C@H]3C2)cc2cc(Cl)ccc21. The summed E-state index contributed by atoms with van der Waals surface area (Å²) in [7, 11) is 1.91. The van der Waals surface area contributed by atoms with E-state index in [2.05, 4.69) is 5.32 Å². The first-order valence-corrected chi connectivity index (χ1v) is 11.5. The number of aromatic nitrogens is 1.